The summed E-state index contributed by atoms with van der Waals surface area (Å²) in [6.07, 6.45) is 0.00604. The van der Waals surface area contributed by atoms with Crippen LogP contribution in [0.5, 0.6) is 5.75 Å². The molecular weight excluding hydrogens is 306 g/mol. The fraction of sp³-hybridized carbons (Fsp3) is 0.263. The molecule has 0 bridgehead atoms. The lowest BCUT2D eigenvalue weighted by molar-refractivity contribution is -0.137. The lowest BCUT2D eigenvalue weighted by Crippen LogP contribution is -2.31. The number of rotatable bonds is 7. The predicted octanol–water partition coefficient (Wildman–Crippen LogP) is 2.88. The SMILES string of the molecule is COc1cccc(CC(=O)NC(CC(=O)O)c2ccc(C)cc2)c1. The first-order chi connectivity index (χ1) is 11.5. The number of hydrogen-bond donors (Lipinski definition) is 2. The zero-order valence-corrected chi connectivity index (χ0v) is 13.8. The van der Waals surface area contributed by atoms with E-state index in [1.54, 1.807) is 19.2 Å². The Kier molecular flexibility index (Phi) is 5.95. The van der Waals surface area contributed by atoms with Crippen LogP contribution in [0.3, 0.4) is 0 Å². The van der Waals surface area contributed by atoms with Gasteiger partial charge in [-0.2, -0.15) is 0 Å². The normalized spacial score (nSPS) is 11.6. The second-order valence-corrected chi connectivity index (χ2v) is 5.66. The molecule has 126 valence electrons. The van der Waals surface area contributed by atoms with E-state index >= 15 is 0 Å². The van der Waals surface area contributed by atoms with Crippen LogP contribution in [0.4, 0.5) is 0 Å². The average Bonchev–Trinajstić information content (AvgIpc) is 2.54. The van der Waals surface area contributed by atoms with Gasteiger partial charge in [0.2, 0.25) is 5.91 Å². The highest BCUT2D eigenvalue weighted by Gasteiger charge is 2.18. The number of benzene rings is 2. The minimum Gasteiger partial charge on any atom is -0.497 e. The lowest BCUT2D eigenvalue weighted by Gasteiger charge is -2.18. The van der Waals surface area contributed by atoms with Gasteiger partial charge in [0.05, 0.1) is 26.0 Å². The first-order valence-corrected chi connectivity index (χ1v) is 7.68. The molecule has 0 aliphatic carbocycles. The quantitative estimate of drug-likeness (QED) is 0.820. The Balaban J connectivity index is 2.08. The molecule has 0 radical (unpaired) electrons. The Morgan fingerprint density at radius 2 is 1.88 bits per heavy atom. The number of carboxylic acids is 1. The van der Waals surface area contributed by atoms with E-state index in [2.05, 4.69) is 5.32 Å². The van der Waals surface area contributed by atoms with Crippen molar-refractivity contribution in [2.24, 2.45) is 0 Å². The summed E-state index contributed by atoms with van der Waals surface area (Å²) in [4.78, 5) is 23.4. The smallest absolute Gasteiger partial charge is 0.305 e. The van der Waals surface area contributed by atoms with Gasteiger partial charge in [0.1, 0.15) is 5.75 Å². The molecule has 0 aliphatic rings. The fourth-order valence-electron chi connectivity index (χ4n) is 2.44. The summed E-state index contributed by atoms with van der Waals surface area (Å²) in [5.41, 5.74) is 2.67. The third-order valence-corrected chi connectivity index (χ3v) is 3.69. The number of ether oxygens (including phenoxy) is 1. The minimum atomic E-state index is -0.956. The van der Waals surface area contributed by atoms with Crippen molar-refractivity contribution in [2.45, 2.75) is 25.8 Å². The average molecular weight is 327 g/mol. The molecule has 1 atom stereocenters. The monoisotopic (exact) mass is 327 g/mol. The molecule has 5 heteroatoms. The van der Waals surface area contributed by atoms with Crippen molar-refractivity contribution in [3.8, 4) is 5.75 Å². The Morgan fingerprint density at radius 3 is 2.50 bits per heavy atom. The third-order valence-electron chi connectivity index (χ3n) is 3.69. The first-order valence-electron chi connectivity index (χ1n) is 7.68. The minimum absolute atomic E-state index is 0.160. The third kappa shape index (κ3) is 5.12. The number of amides is 1. The maximum atomic E-state index is 12.3. The van der Waals surface area contributed by atoms with Crippen LogP contribution in [-0.2, 0) is 16.0 Å². The molecule has 0 saturated carbocycles. The van der Waals surface area contributed by atoms with E-state index in [-0.39, 0.29) is 18.7 Å². The Labute approximate surface area is 141 Å². The molecule has 0 aromatic heterocycles. The van der Waals surface area contributed by atoms with Crippen molar-refractivity contribution >= 4 is 11.9 Å². The van der Waals surface area contributed by atoms with Gasteiger partial charge in [0, 0.05) is 0 Å². The summed E-state index contributed by atoms with van der Waals surface area (Å²) in [5, 5.41) is 11.9. The summed E-state index contributed by atoms with van der Waals surface area (Å²) < 4.78 is 5.14. The summed E-state index contributed by atoms with van der Waals surface area (Å²) in [5.74, 6) is -0.502. The number of aryl methyl sites for hydroxylation is 1. The molecule has 0 heterocycles. The van der Waals surface area contributed by atoms with Crippen LogP contribution in [0.15, 0.2) is 48.5 Å². The molecule has 0 fully saturated rings. The van der Waals surface area contributed by atoms with E-state index in [0.29, 0.717) is 5.75 Å². The molecule has 2 aromatic rings. The number of aliphatic carboxylic acids is 1. The zero-order valence-electron chi connectivity index (χ0n) is 13.8. The summed E-state index contributed by atoms with van der Waals surface area (Å²) in [6.45, 7) is 1.96. The molecule has 2 N–H and O–H groups in total. The molecule has 24 heavy (non-hydrogen) atoms. The number of nitrogens with one attached hydrogen (secondary N) is 1. The van der Waals surface area contributed by atoms with Gasteiger partial charge in [-0.25, -0.2) is 0 Å². The van der Waals surface area contributed by atoms with Crippen molar-refractivity contribution in [1.82, 2.24) is 5.32 Å². The molecule has 2 aromatic carbocycles. The van der Waals surface area contributed by atoms with Gasteiger partial charge < -0.3 is 15.2 Å². The van der Waals surface area contributed by atoms with E-state index < -0.39 is 12.0 Å². The molecule has 5 nitrogen and oxygen atoms in total. The van der Waals surface area contributed by atoms with E-state index in [4.69, 9.17) is 9.84 Å². The highest BCUT2D eigenvalue weighted by Crippen LogP contribution is 2.18. The summed E-state index contributed by atoms with van der Waals surface area (Å²) in [6, 6.07) is 14.2. The number of methoxy groups -OCH3 is 1. The molecular formula is C19H21NO4. The van der Waals surface area contributed by atoms with Crippen molar-refractivity contribution in [2.75, 3.05) is 7.11 Å². The van der Waals surface area contributed by atoms with Gasteiger partial charge >= 0.3 is 5.97 Å². The van der Waals surface area contributed by atoms with Gasteiger partial charge in [0.25, 0.3) is 0 Å². The van der Waals surface area contributed by atoms with Gasteiger partial charge in [-0.05, 0) is 30.2 Å². The van der Waals surface area contributed by atoms with Gasteiger partial charge in [-0.15, -0.1) is 0 Å². The van der Waals surface area contributed by atoms with Crippen LogP contribution in [-0.4, -0.2) is 24.1 Å². The second-order valence-electron chi connectivity index (χ2n) is 5.66. The first kappa shape index (κ1) is 17.5. The van der Waals surface area contributed by atoms with Crippen molar-refractivity contribution < 1.29 is 19.4 Å². The Hall–Kier alpha value is -2.82. The highest BCUT2D eigenvalue weighted by molar-refractivity contribution is 5.80. The molecule has 0 saturated heterocycles. The van der Waals surface area contributed by atoms with Crippen LogP contribution in [0, 0.1) is 6.92 Å². The van der Waals surface area contributed by atoms with Gasteiger partial charge in [0.15, 0.2) is 0 Å². The molecule has 1 unspecified atom stereocenters. The summed E-state index contributed by atoms with van der Waals surface area (Å²) >= 11 is 0. The molecule has 0 spiro atoms. The van der Waals surface area contributed by atoms with Crippen LogP contribution in [0.1, 0.15) is 29.2 Å². The van der Waals surface area contributed by atoms with Crippen LogP contribution in [0.2, 0.25) is 0 Å². The van der Waals surface area contributed by atoms with Crippen LogP contribution in [0.25, 0.3) is 0 Å². The topological polar surface area (TPSA) is 75.6 Å². The van der Waals surface area contributed by atoms with Gasteiger partial charge in [-0.1, -0.05) is 42.0 Å². The Bertz CT molecular complexity index is 710. The zero-order chi connectivity index (χ0) is 17.5. The molecule has 1 amide bonds. The highest BCUT2D eigenvalue weighted by atomic mass is 16.5. The maximum Gasteiger partial charge on any atom is 0.305 e. The van der Waals surface area contributed by atoms with Crippen LogP contribution >= 0.6 is 0 Å². The Morgan fingerprint density at radius 1 is 1.17 bits per heavy atom. The van der Waals surface area contributed by atoms with E-state index in [0.717, 1.165) is 16.7 Å². The largest absolute Gasteiger partial charge is 0.497 e. The number of hydrogen-bond acceptors (Lipinski definition) is 3. The number of carbonyl (C=O) groups excluding carboxylic acids is 1. The van der Waals surface area contributed by atoms with Crippen LogP contribution < -0.4 is 10.1 Å². The van der Waals surface area contributed by atoms with Crippen molar-refractivity contribution in [3.63, 3.8) is 0 Å². The van der Waals surface area contributed by atoms with E-state index in [1.807, 2.05) is 43.3 Å². The second kappa shape index (κ2) is 8.15. The molecule has 0 aliphatic heterocycles. The number of carboxylic acid groups (broad SMARTS) is 1. The van der Waals surface area contributed by atoms with E-state index in [9.17, 15) is 9.59 Å². The summed E-state index contributed by atoms with van der Waals surface area (Å²) in [7, 11) is 1.57. The number of carbonyl (C=O) groups is 2. The van der Waals surface area contributed by atoms with Gasteiger partial charge in [-0.3, -0.25) is 9.59 Å². The molecule has 2 rings (SSSR count). The maximum absolute atomic E-state index is 12.3. The fourth-order valence-corrected chi connectivity index (χ4v) is 2.44. The van der Waals surface area contributed by atoms with Crippen molar-refractivity contribution in [3.05, 3.63) is 65.2 Å². The van der Waals surface area contributed by atoms with Crippen molar-refractivity contribution in [1.29, 1.82) is 0 Å². The lowest BCUT2D eigenvalue weighted by atomic mass is 10.0. The van der Waals surface area contributed by atoms with E-state index in [1.165, 1.54) is 0 Å². The standard InChI is InChI=1S/C19H21NO4/c1-13-6-8-15(9-7-13)17(12-19(22)23)20-18(21)11-14-4-3-5-16(10-14)24-2/h3-10,17H,11-12H2,1-2H3,(H,20,21)(H,22,23). The predicted molar refractivity (Wildman–Crippen MR) is 91.0 cm³/mol.